The van der Waals surface area contributed by atoms with Crippen molar-refractivity contribution in [3.8, 4) is 0 Å². The summed E-state index contributed by atoms with van der Waals surface area (Å²) in [7, 11) is -2.05. The van der Waals surface area contributed by atoms with Gasteiger partial charge in [0.15, 0.2) is 9.84 Å². The fourth-order valence-electron chi connectivity index (χ4n) is 0.711. The predicted octanol–water partition coefficient (Wildman–Crippen LogP) is -0.459. The molecule has 0 heterocycles. The van der Waals surface area contributed by atoms with Crippen LogP contribution in [0.5, 0.6) is 0 Å². The first-order valence-electron chi connectivity index (χ1n) is 4.37. The first-order valence-corrected chi connectivity index (χ1v) is 7.55. The Bertz CT molecular complexity index is 416. The lowest BCUT2D eigenvalue weighted by atomic mass is 10.3. The Labute approximate surface area is 107 Å². The molecule has 0 N–H and O–H groups in total. The molecule has 0 saturated carbocycles. The second kappa shape index (κ2) is 7.38. The number of ketones is 1. The van der Waals surface area contributed by atoms with Crippen molar-refractivity contribution in [2.75, 3.05) is 31.1 Å². The molecule has 0 atom stereocenters. The lowest BCUT2D eigenvalue weighted by Gasteiger charge is -2.04. The minimum Gasteiger partial charge on any atom is -0.460 e. The number of oxime groups is 1. The van der Waals surface area contributed by atoms with Gasteiger partial charge in [-0.2, -0.15) is 0 Å². The van der Waals surface area contributed by atoms with Crippen molar-refractivity contribution in [2.45, 2.75) is 0 Å². The Morgan fingerprint density at radius 2 is 1.94 bits per heavy atom. The van der Waals surface area contributed by atoms with Gasteiger partial charge in [0.05, 0.1) is 11.1 Å². The van der Waals surface area contributed by atoms with Crippen LogP contribution in [0.4, 0.5) is 0 Å². The van der Waals surface area contributed by atoms with Gasteiger partial charge in [0, 0.05) is 6.26 Å². The molecule has 0 unspecified atom stereocenters. The number of carbonyl (C=O) groups is 2. The van der Waals surface area contributed by atoms with E-state index in [1.807, 2.05) is 0 Å². The van der Waals surface area contributed by atoms with Gasteiger partial charge in [0.25, 0.3) is 0 Å². The van der Waals surface area contributed by atoms with Crippen molar-refractivity contribution >= 4 is 43.2 Å². The van der Waals surface area contributed by atoms with E-state index in [0.717, 1.165) is 6.26 Å². The van der Waals surface area contributed by atoms with Crippen molar-refractivity contribution in [3.63, 3.8) is 0 Å². The van der Waals surface area contributed by atoms with Gasteiger partial charge in [-0.25, -0.2) is 13.2 Å². The Kier molecular flexibility index (Phi) is 6.97. The minimum atomic E-state index is -3.23. The number of esters is 1. The molecule has 0 radical (unpaired) electrons. The topological polar surface area (TPSA) is 99.1 Å². The van der Waals surface area contributed by atoms with E-state index in [4.69, 9.17) is 0 Å². The zero-order chi connectivity index (χ0) is 13.5. The molecule has 0 fully saturated rings. The SMILES string of the molecule is CON=C(C(=O)CBr)C(=O)OCCS(C)(=O)=O. The van der Waals surface area contributed by atoms with Gasteiger partial charge in [-0.05, 0) is 0 Å². The third-order valence-electron chi connectivity index (χ3n) is 1.45. The number of alkyl halides is 1. The monoisotopic (exact) mass is 329 g/mol. The fraction of sp³-hybridized carbons (Fsp3) is 0.625. The van der Waals surface area contributed by atoms with Crippen LogP contribution in [0.15, 0.2) is 5.16 Å². The van der Waals surface area contributed by atoms with Gasteiger partial charge >= 0.3 is 5.97 Å². The molecule has 7 nitrogen and oxygen atoms in total. The molecule has 0 aliphatic rings. The molecule has 0 aliphatic carbocycles. The Hall–Kier alpha value is -0.960. The summed E-state index contributed by atoms with van der Waals surface area (Å²) < 4.78 is 26.1. The predicted molar refractivity (Wildman–Crippen MR) is 63.9 cm³/mol. The van der Waals surface area contributed by atoms with E-state index in [9.17, 15) is 18.0 Å². The summed E-state index contributed by atoms with van der Waals surface area (Å²) in [5.41, 5.74) is -0.516. The number of rotatable bonds is 7. The first-order chi connectivity index (χ1) is 7.81. The number of hydrogen-bond donors (Lipinski definition) is 0. The fourth-order valence-corrected chi connectivity index (χ4v) is 1.36. The summed E-state index contributed by atoms with van der Waals surface area (Å²) in [6.45, 7) is -0.337. The van der Waals surface area contributed by atoms with E-state index in [1.54, 1.807) is 0 Å². The maximum absolute atomic E-state index is 11.3. The van der Waals surface area contributed by atoms with E-state index in [2.05, 4.69) is 30.7 Å². The van der Waals surface area contributed by atoms with Gasteiger partial charge in [0.2, 0.25) is 11.5 Å². The number of ether oxygens (including phenoxy) is 1. The highest BCUT2D eigenvalue weighted by molar-refractivity contribution is 9.09. The number of nitrogens with zero attached hydrogens (tertiary/aromatic N) is 1. The van der Waals surface area contributed by atoms with Crippen molar-refractivity contribution in [3.05, 3.63) is 0 Å². The molecular formula is C8H12BrNO6S. The van der Waals surface area contributed by atoms with E-state index < -0.39 is 27.3 Å². The van der Waals surface area contributed by atoms with Crippen molar-refractivity contribution in [2.24, 2.45) is 5.16 Å². The summed E-state index contributed by atoms with van der Waals surface area (Å²) in [5, 5.41) is 3.11. The highest BCUT2D eigenvalue weighted by Crippen LogP contribution is 1.94. The molecule has 0 aliphatic heterocycles. The van der Waals surface area contributed by atoms with Crippen LogP contribution in [-0.2, 0) is 29.0 Å². The number of halogens is 1. The van der Waals surface area contributed by atoms with Gasteiger partial charge in [-0.15, -0.1) is 0 Å². The van der Waals surface area contributed by atoms with Crippen molar-refractivity contribution in [1.29, 1.82) is 0 Å². The zero-order valence-corrected chi connectivity index (χ0v) is 11.7. The third kappa shape index (κ3) is 7.05. The number of carbonyl (C=O) groups excluding carboxylic acids is 2. The van der Waals surface area contributed by atoms with Gasteiger partial charge in [-0.3, -0.25) is 4.79 Å². The van der Waals surface area contributed by atoms with Gasteiger partial charge < -0.3 is 9.57 Å². The minimum absolute atomic E-state index is 0.115. The van der Waals surface area contributed by atoms with Crippen molar-refractivity contribution in [1.82, 2.24) is 0 Å². The summed E-state index contributed by atoms with van der Waals surface area (Å²) in [6, 6.07) is 0. The van der Waals surface area contributed by atoms with Crippen LogP contribution in [0.1, 0.15) is 0 Å². The summed E-state index contributed by atoms with van der Waals surface area (Å²) >= 11 is 2.86. The second-order valence-corrected chi connectivity index (χ2v) is 5.77. The Balaban J connectivity index is 4.46. The number of hydrogen-bond acceptors (Lipinski definition) is 7. The normalized spacial score (nSPS) is 12.1. The average molecular weight is 330 g/mol. The van der Waals surface area contributed by atoms with Crippen molar-refractivity contribution < 1.29 is 27.6 Å². The van der Waals surface area contributed by atoms with Crippen LogP contribution in [0, 0.1) is 0 Å². The average Bonchev–Trinajstić information content (AvgIpc) is 2.22. The molecule has 0 aromatic heterocycles. The van der Waals surface area contributed by atoms with Crippen LogP contribution in [0.3, 0.4) is 0 Å². The molecule has 0 bridgehead atoms. The Morgan fingerprint density at radius 1 is 1.35 bits per heavy atom. The van der Waals surface area contributed by atoms with Crippen LogP contribution in [0.2, 0.25) is 0 Å². The quantitative estimate of drug-likeness (QED) is 0.206. The van der Waals surface area contributed by atoms with Gasteiger partial charge in [-0.1, -0.05) is 21.1 Å². The van der Waals surface area contributed by atoms with Crippen LogP contribution in [-0.4, -0.2) is 56.9 Å². The van der Waals surface area contributed by atoms with E-state index in [1.165, 1.54) is 7.11 Å². The van der Waals surface area contributed by atoms with E-state index in [-0.39, 0.29) is 17.7 Å². The summed E-state index contributed by atoms with van der Waals surface area (Å²) in [5.74, 6) is -1.95. The molecule has 17 heavy (non-hydrogen) atoms. The second-order valence-electron chi connectivity index (χ2n) is 2.95. The summed E-state index contributed by atoms with van der Waals surface area (Å²) in [6.07, 6.45) is 1.01. The highest BCUT2D eigenvalue weighted by Gasteiger charge is 2.22. The zero-order valence-electron chi connectivity index (χ0n) is 9.30. The lowest BCUT2D eigenvalue weighted by molar-refractivity contribution is -0.135. The molecule has 98 valence electrons. The molecule has 0 rings (SSSR count). The largest absolute Gasteiger partial charge is 0.460 e. The molecule has 0 aromatic rings. The molecule has 0 spiro atoms. The maximum Gasteiger partial charge on any atom is 0.364 e. The molecule has 0 saturated heterocycles. The van der Waals surface area contributed by atoms with Crippen LogP contribution < -0.4 is 0 Å². The molecule has 0 amide bonds. The van der Waals surface area contributed by atoms with E-state index >= 15 is 0 Å². The molecule has 0 aromatic carbocycles. The lowest BCUT2D eigenvalue weighted by Crippen LogP contribution is -2.29. The smallest absolute Gasteiger partial charge is 0.364 e. The molecular weight excluding hydrogens is 318 g/mol. The van der Waals surface area contributed by atoms with E-state index in [0.29, 0.717) is 0 Å². The van der Waals surface area contributed by atoms with Crippen LogP contribution >= 0.6 is 15.9 Å². The third-order valence-corrected chi connectivity index (χ3v) is 2.87. The Morgan fingerprint density at radius 3 is 2.35 bits per heavy atom. The standard InChI is InChI=1S/C8H12BrNO6S/c1-15-10-7(6(11)5-9)8(12)16-3-4-17(2,13)14/h3-5H2,1-2H3. The number of Topliss-reactive ketones (excluding diaryl/α,β-unsaturated/α-hetero) is 1. The summed E-state index contributed by atoms with van der Waals surface area (Å²) in [4.78, 5) is 26.9. The maximum atomic E-state index is 11.3. The highest BCUT2D eigenvalue weighted by atomic mass is 79.9. The number of sulfone groups is 1. The molecule has 9 heteroatoms. The van der Waals surface area contributed by atoms with Crippen LogP contribution in [0.25, 0.3) is 0 Å². The van der Waals surface area contributed by atoms with Gasteiger partial charge in [0.1, 0.15) is 13.7 Å². The first kappa shape index (κ1) is 16.0.